The normalized spacial score (nSPS) is 21.6. The van der Waals surface area contributed by atoms with Gasteiger partial charge in [-0.1, -0.05) is 130 Å². The Balaban J connectivity index is 1.45. The summed E-state index contributed by atoms with van der Waals surface area (Å²) in [6, 6.07) is 17.9. The lowest BCUT2D eigenvalue weighted by Gasteiger charge is -2.34. The summed E-state index contributed by atoms with van der Waals surface area (Å²) in [4.78, 5) is 0. The second kappa shape index (κ2) is 11.2. The molecule has 5 rings (SSSR count). The molecule has 0 nitrogen and oxygen atoms in total. The van der Waals surface area contributed by atoms with Crippen LogP contribution < -0.4 is 0 Å². The highest BCUT2D eigenvalue weighted by Gasteiger charge is 2.41. The van der Waals surface area contributed by atoms with Gasteiger partial charge < -0.3 is 0 Å². The molecule has 0 heteroatoms. The van der Waals surface area contributed by atoms with Crippen molar-refractivity contribution in [3.05, 3.63) is 154 Å². The molecule has 3 aliphatic rings. The second-order valence-corrected chi connectivity index (χ2v) is 11.5. The fourth-order valence-corrected chi connectivity index (χ4v) is 6.78. The first kappa shape index (κ1) is 26.9. The zero-order valence-electron chi connectivity index (χ0n) is 24.2. The summed E-state index contributed by atoms with van der Waals surface area (Å²) >= 11 is 0. The molecule has 1 saturated carbocycles. The summed E-state index contributed by atoms with van der Waals surface area (Å²) in [5.74, 6) is 0.580. The van der Waals surface area contributed by atoms with E-state index in [0.29, 0.717) is 5.92 Å². The topological polar surface area (TPSA) is 0 Å². The lowest BCUT2D eigenvalue weighted by atomic mass is 9.69. The first-order chi connectivity index (χ1) is 18.8. The molecule has 2 aromatic carbocycles. The SMILES string of the molecule is C=C(CCC)C1=C(C)C=C2C/C(=C\C3=CC=C(c4ccccc4C(=C)C)C3)C(=C)C2C1c1ccc(CC)cc1. The Morgan fingerprint density at radius 1 is 0.949 bits per heavy atom. The lowest BCUT2D eigenvalue weighted by molar-refractivity contribution is 0.619. The first-order valence-electron chi connectivity index (χ1n) is 14.5. The van der Waals surface area contributed by atoms with Gasteiger partial charge in [0, 0.05) is 11.8 Å². The predicted octanol–water partition coefficient (Wildman–Crippen LogP) is 10.9. The maximum Gasteiger partial charge on any atom is 0.0201 e. The number of fused-ring (bicyclic) bond motifs is 1. The van der Waals surface area contributed by atoms with E-state index < -0.39 is 0 Å². The molecule has 2 aromatic rings. The van der Waals surface area contributed by atoms with Crippen LogP contribution in [0, 0.1) is 5.92 Å². The highest BCUT2D eigenvalue weighted by molar-refractivity contribution is 5.82. The Kier molecular flexibility index (Phi) is 7.76. The van der Waals surface area contributed by atoms with Crippen LogP contribution in [-0.2, 0) is 6.42 Å². The molecule has 2 unspecified atom stereocenters. The molecular formula is C39H42. The first-order valence-corrected chi connectivity index (χ1v) is 14.5. The van der Waals surface area contributed by atoms with Crippen LogP contribution >= 0.6 is 0 Å². The van der Waals surface area contributed by atoms with Crippen LogP contribution in [0.3, 0.4) is 0 Å². The van der Waals surface area contributed by atoms with E-state index in [1.165, 1.54) is 66.8 Å². The van der Waals surface area contributed by atoms with Crippen molar-refractivity contribution >= 4 is 11.1 Å². The molecule has 2 atom stereocenters. The minimum atomic E-state index is 0.280. The second-order valence-electron chi connectivity index (χ2n) is 11.5. The molecule has 0 heterocycles. The quantitative estimate of drug-likeness (QED) is 0.331. The van der Waals surface area contributed by atoms with Gasteiger partial charge in [-0.2, -0.15) is 0 Å². The molecule has 3 aliphatic carbocycles. The van der Waals surface area contributed by atoms with Crippen molar-refractivity contribution < 1.29 is 0 Å². The third-order valence-corrected chi connectivity index (χ3v) is 8.72. The molecule has 0 aromatic heterocycles. The Hall–Kier alpha value is -3.64. The Bertz CT molecular complexity index is 1490. The minimum Gasteiger partial charge on any atom is -0.0955 e. The Morgan fingerprint density at radius 3 is 2.38 bits per heavy atom. The van der Waals surface area contributed by atoms with E-state index in [9.17, 15) is 0 Å². The van der Waals surface area contributed by atoms with Crippen LogP contribution in [0.4, 0.5) is 0 Å². The summed E-state index contributed by atoms with van der Waals surface area (Å²) in [5.41, 5.74) is 17.4. The van der Waals surface area contributed by atoms with E-state index in [4.69, 9.17) is 6.58 Å². The van der Waals surface area contributed by atoms with Gasteiger partial charge in [0.15, 0.2) is 0 Å². The molecular weight excluding hydrogens is 468 g/mol. The number of aryl methyl sites for hydroxylation is 1. The molecule has 0 amide bonds. The monoisotopic (exact) mass is 510 g/mol. The molecule has 0 aliphatic heterocycles. The van der Waals surface area contributed by atoms with Gasteiger partial charge in [-0.15, -0.1) is 0 Å². The van der Waals surface area contributed by atoms with E-state index in [2.05, 4.69) is 114 Å². The largest absolute Gasteiger partial charge is 0.0955 e. The van der Waals surface area contributed by atoms with Crippen molar-refractivity contribution in [2.75, 3.05) is 0 Å². The smallest absolute Gasteiger partial charge is 0.0201 e. The maximum atomic E-state index is 4.73. The summed E-state index contributed by atoms with van der Waals surface area (Å²) in [6.45, 7) is 22.4. The van der Waals surface area contributed by atoms with Gasteiger partial charge in [-0.25, -0.2) is 0 Å². The molecule has 0 bridgehead atoms. The van der Waals surface area contributed by atoms with Crippen LogP contribution in [0.15, 0.2) is 132 Å². The Morgan fingerprint density at radius 2 is 1.69 bits per heavy atom. The van der Waals surface area contributed by atoms with Gasteiger partial charge in [-0.05, 0) is 95.2 Å². The van der Waals surface area contributed by atoms with Crippen molar-refractivity contribution in [1.82, 2.24) is 0 Å². The van der Waals surface area contributed by atoms with Gasteiger partial charge in [0.2, 0.25) is 0 Å². The van der Waals surface area contributed by atoms with Crippen molar-refractivity contribution in [3.8, 4) is 0 Å². The molecule has 39 heavy (non-hydrogen) atoms. The maximum absolute atomic E-state index is 4.73. The van der Waals surface area contributed by atoms with E-state index in [0.717, 1.165) is 37.7 Å². The third-order valence-electron chi connectivity index (χ3n) is 8.72. The number of allylic oxidation sites excluding steroid dienone is 13. The van der Waals surface area contributed by atoms with Crippen molar-refractivity contribution in [2.45, 2.75) is 65.7 Å². The van der Waals surface area contributed by atoms with Gasteiger partial charge in [-0.3, -0.25) is 0 Å². The zero-order valence-corrected chi connectivity index (χ0v) is 24.2. The molecule has 0 radical (unpaired) electrons. The summed E-state index contributed by atoms with van der Waals surface area (Å²) in [7, 11) is 0. The summed E-state index contributed by atoms with van der Waals surface area (Å²) in [6.07, 6.45) is 14.6. The van der Waals surface area contributed by atoms with Gasteiger partial charge in [0.25, 0.3) is 0 Å². The van der Waals surface area contributed by atoms with Gasteiger partial charge in [0.1, 0.15) is 0 Å². The zero-order chi connectivity index (χ0) is 27.7. The average Bonchev–Trinajstić information content (AvgIpc) is 3.52. The molecule has 0 spiro atoms. The van der Waals surface area contributed by atoms with Crippen LogP contribution in [-0.4, -0.2) is 0 Å². The number of hydrogen-bond acceptors (Lipinski definition) is 0. The van der Waals surface area contributed by atoms with Gasteiger partial charge >= 0.3 is 0 Å². The highest BCUT2D eigenvalue weighted by atomic mass is 14.4. The van der Waals surface area contributed by atoms with Crippen LogP contribution in [0.25, 0.3) is 11.1 Å². The molecule has 1 fully saturated rings. The fraction of sp³-hybridized carbons (Fsp3) is 0.282. The van der Waals surface area contributed by atoms with Crippen LogP contribution in [0.2, 0.25) is 0 Å². The number of benzene rings is 2. The van der Waals surface area contributed by atoms with Crippen molar-refractivity contribution in [1.29, 1.82) is 0 Å². The van der Waals surface area contributed by atoms with E-state index in [-0.39, 0.29) is 5.92 Å². The Labute approximate surface area is 236 Å². The number of rotatable bonds is 8. The molecule has 0 N–H and O–H groups in total. The van der Waals surface area contributed by atoms with Crippen LogP contribution in [0.1, 0.15) is 81.5 Å². The average molecular weight is 511 g/mol. The lowest BCUT2D eigenvalue weighted by Crippen LogP contribution is -2.21. The summed E-state index contributed by atoms with van der Waals surface area (Å²) in [5, 5.41) is 0. The van der Waals surface area contributed by atoms with E-state index in [1.807, 2.05) is 0 Å². The number of hydrogen-bond donors (Lipinski definition) is 0. The fourth-order valence-electron chi connectivity index (χ4n) is 6.78. The van der Waals surface area contributed by atoms with Gasteiger partial charge in [0.05, 0.1) is 0 Å². The predicted molar refractivity (Wildman–Crippen MR) is 171 cm³/mol. The summed E-state index contributed by atoms with van der Waals surface area (Å²) < 4.78 is 0. The standard InChI is InChI=1S/C39H42/c1-8-12-26(5)37-27(6)21-34-24-33(28(7)38(34)39(37)31-18-15-29(9-2)16-19-31)23-30-17-20-32(22-30)36-14-11-10-13-35(36)25(3)4/h10-11,13-21,23,38-39H,3,5,7-9,12,22,24H2,1-2,4,6H3/b33-23+. The van der Waals surface area contributed by atoms with Crippen molar-refractivity contribution in [2.24, 2.45) is 5.92 Å². The molecule has 198 valence electrons. The molecule has 0 saturated heterocycles. The van der Waals surface area contributed by atoms with E-state index >= 15 is 0 Å². The van der Waals surface area contributed by atoms with E-state index in [1.54, 1.807) is 0 Å². The minimum absolute atomic E-state index is 0.280. The van der Waals surface area contributed by atoms with Crippen LogP contribution in [0.5, 0.6) is 0 Å². The third kappa shape index (κ3) is 5.18. The highest BCUT2D eigenvalue weighted by Crippen LogP contribution is 2.55. The van der Waals surface area contributed by atoms with Crippen molar-refractivity contribution in [3.63, 3.8) is 0 Å².